The summed E-state index contributed by atoms with van der Waals surface area (Å²) in [6.07, 6.45) is 0. The van der Waals surface area contributed by atoms with Crippen LogP contribution < -0.4 is 5.32 Å². The number of rotatable bonds is 0. The summed E-state index contributed by atoms with van der Waals surface area (Å²) >= 11 is 0. The highest BCUT2D eigenvalue weighted by Crippen LogP contribution is 2.37. The Kier molecular flexibility index (Phi) is 2.69. The Bertz CT molecular complexity index is 546. The highest BCUT2D eigenvalue weighted by Gasteiger charge is 2.41. The molecule has 0 amide bonds. The summed E-state index contributed by atoms with van der Waals surface area (Å²) in [5.74, 6) is -0.524. The van der Waals surface area contributed by atoms with E-state index in [1.807, 2.05) is 20.8 Å². The maximum Gasteiger partial charge on any atom is 0.185 e. The Morgan fingerprint density at radius 2 is 2.00 bits per heavy atom. The minimum absolute atomic E-state index is 0.0728. The number of anilines is 1. The molecule has 1 aromatic carbocycles. The van der Waals surface area contributed by atoms with E-state index in [0.29, 0.717) is 12.2 Å². The molecule has 1 aromatic rings. The minimum atomic E-state index is -3.47. The van der Waals surface area contributed by atoms with Crippen LogP contribution >= 0.6 is 0 Å². The van der Waals surface area contributed by atoms with Crippen LogP contribution in [0.15, 0.2) is 23.1 Å². The van der Waals surface area contributed by atoms with Gasteiger partial charge in [0, 0.05) is 6.54 Å². The first-order valence-electron chi connectivity index (χ1n) is 5.50. The molecule has 0 bridgehead atoms. The van der Waals surface area contributed by atoms with Gasteiger partial charge in [0.15, 0.2) is 9.84 Å². The minimum Gasteiger partial charge on any atom is -0.383 e. The molecule has 0 saturated carbocycles. The topological polar surface area (TPSA) is 46.2 Å². The quantitative estimate of drug-likeness (QED) is 0.776. The van der Waals surface area contributed by atoms with Crippen LogP contribution in [0.1, 0.15) is 20.8 Å². The molecule has 0 aromatic heterocycles. The van der Waals surface area contributed by atoms with Crippen LogP contribution in [0, 0.1) is 11.2 Å². The first kappa shape index (κ1) is 12.4. The summed E-state index contributed by atoms with van der Waals surface area (Å²) in [5, 5.41) is 2.52. The molecule has 1 aliphatic heterocycles. The third kappa shape index (κ3) is 2.04. The van der Waals surface area contributed by atoms with Gasteiger partial charge in [0.1, 0.15) is 5.82 Å². The lowest BCUT2D eigenvalue weighted by atomic mass is 9.91. The van der Waals surface area contributed by atoms with Crippen molar-refractivity contribution in [2.75, 3.05) is 11.9 Å². The van der Waals surface area contributed by atoms with E-state index in [4.69, 9.17) is 0 Å². The number of halogens is 1. The van der Waals surface area contributed by atoms with Crippen molar-refractivity contribution < 1.29 is 12.8 Å². The van der Waals surface area contributed by atoms with E-state index < -0.39 is 20.9 Å². The molecule has 3 nitrogen and oxygen atoms in total. The van der Waals surface area contributed by atoms with Gasteiger partial charge in [-0.05, 0) is 23.6 Å². The van der Waals surface area contributed by atoms with Crippen LogP contribution in [-0.2, 0) is 9.84 Å². The highest BCUT2D eigenvalue weighted by atomic mass is 32.2. The summed E-state index contributed by atoms with van der Waals surface area (Å²) in [5.41, 5.74) is 0.113. The van der Waals surface area contributed by atoms with Crippen molar-refractivity contribution in [2.24, 2.45) is 5.41 Å². The molecule has 2 rings (SSSR count). The van der Waals surface area contributed by atoms with E-state index in [-0.39, 0.29) is 10.3 Å². The second-order valence-corrected chi connectivity index (χ2v) is 7.52. The average molecular weight is 257 g/mol. The Morgan fingerprint density at radius 1 is 1.35 bits per heavy atom. The Morgan fingerprint density at radius 3 is 2.59 bits per heavy atom. The zero-order chi connectivity index (χ0) is 12.8. The number of sulfone groups is 1. The van der Waals surface area contributed by atoms with Crippen LogP contribution in [0.5, 0.6) is 0 Å². The fourth-order valence-corrected chi connectivity index (χ4v) is 4.38. The van der Waals surface area contributed by atoms with E-state index in [0.717, 1.165) is 6.07 Å². The molecule has 1 unspecified atom stereocenters. The van der Waals surface area contributed by atoms with Crippen LogP contribution in [0.2, 0.25) is 0 Å². The molecule has 1 heterocycles. The third-order valence-corrected chi connectivity index (χ3v) is 5.64. The van der Waals surface area contributed by atoms with Crippen molar-refractivity contribution in [1.82, 2.24) is 0 Å². The third-order valence-electron chi connectivity index (χ3n) is 3.07. The van der Waals surface area contributed by atoms with Gasteiger partial charge in [-0.3, -0.25) is 0 Å². The molecule has 17 heavy (non-hydrogen) atoms. The number of nitrogens with one attached hydrogen (secondary N) is 1. The number of fused-ring (bicyclic) bond motifs is 1. The lowest BCUT2D eigenvalue weighted by Gasteiger charge is -2.34. The van der Waals surface area contributed by atoms with Gasteiger partial charge in [-0.15, -0.1) is 0 Å². The predicted octanol–water partition coefficient (Wildman–Crippen LogP) is 2.44. The standard InChI is InChI=1S/C12H16FNO2S/c1-12(2,3)11-7-14-9-5-4-8(13)6-10(9)17(11,15)16/h4-6,11,14H,7H2,1-3H3. The van der Waals surface area contributed by atoms with Gasteiger partial charge in [0.25, 0.3) is 0 Å². The maximum atomic E-state index is 13.2. The second kappa shape index (κ2) is 3.70. The molecule has 5 heteroatoms. The van der Waals surface area contributed by atoms with Gasteiger partial charge in [0.05, 0.1) is 15.8 Å². The molecule has 0 aliphatic carbocycles. The highest BCUT2D eigenvalue weighted by molar-refractivity contribution is 7.92. The zero-order valence-electron chi connectivity index (χ0n) is 10.1. The summed E-state index contributed by atoms with van der Waals surface area (Å²) in [7, 11) is -3.47. The summed E-state index contributed by atoms with van der Waals surface area (Å²) in [6, 6.07) is 3.83. The first-order valence-corrected chi connectivity index (χ1v) is 7.05. The van der Waals surface area contributed by atoms with Crippen molar-refractivity contribution in [2.45, 2.75) is 30.9 Å². The van der Waals surface area contributed by atoms with Crippen LogP contribution in [0.25, 0.3) is 0 Å². The average Bonchev–Trinajstić information content (AvgIpc) is 2.16. The number of hydrogen-bond donors (Lipinski definition) is 1. The zero-order valence-corrected chi connectivity index (χ0v) is 10.9. The fraction of sp³-hybridized carbons (Fsp3) is 0.500. The van der Waals surface area contributed by atoms with E-state index in [1.165, 1.54) is 12.1 Å². The smallest absolute Gasteiger partial charge is 0.185 e. The SMILES string of the molecule is CC(C)(C)C1CNc2ccc(F)cc2S1(=O)=O. The molecular formula is C12H16FNO2S. The summed E-state index contributed by atoms with van der Waals surface area (Å²) in [6.45, 7) is 5.99. The van der Waals surface area contributed by atoms with E-state index in [2.05, 4.69) is 5.32 Å². The van der Waals surface area contributed by atoms with Crippen LogP contribution in [0.4, 0.5) is 10.1 Å². The van der Waals surface area contributed by atoms with Gasteiger partial charge < -0.3 is 5.32 Å². The van der Waals surface area contributed by atoms with Crippen molar-refractivity contribution in [3.8, 4) is 0 Å². The van der Waals surface area contributed by atoms with Gasteiger partial charge in [-0.1, -0.05) is 20.8 Å². The fourth-order valence-electron chi connectivity index (χ4n) is 2.11. The van der Waals surface area contributed by atoms with Crippen molar-refractivity contribution >= 4 is 15.5 Å². The second-order valence-electron chi connectivity index (χ2n) is 5.42. The molecular weight excluding hydrogens is 241 g/mol. The Labute approximate surface area is 101 Å². The molecule has 0 spiro atoms. The number of hydrogen-bond acceptors (Lipinski definition) is 3. The van der Waals surface area contributed by atoms with Gasteiger partial charge in [-0.25, -0.2) is 12.8 Å². The van der Waals surface area contributed by atoms with Gasteiger partial charge >= 0.3 is 0 Å². The molecule has 94 valence electrons. The van der Waals surface area contributed by atoms with E-state index >= 15 is 0 Å². The monoisotopic (exact) mass is 257 g/mol. The molecule has 0 saturated heterocycles. The van der Waals surface area contributed by atoms with Crippen molar-refractivity contribution in [3.05, 3.63) is 24.0 Å². The normalized spacial score (nSPS) is 22.7. The van der Waals surface area contributed by atoms with E-state index in [1.54, 1.807) is 0 Å². The van der Waals surface area contributed by atoms with E-state index in [9.17, 15) is 12.8 Å². The number of benzene rings is 1. The lowest BCUT2D eigenvalue weighted by Crippen LogP contribution is -2.43. The molecule has 0 fully saturated rings. The van der Waals surface area contributed by atoms with Crippen LogP contribution in [-0.4, -0.2) is 20.2 Å². The summed E-state index contributed by atoms with van der Waals surface area (Å²) < 4.78 is 38.0. The first-order chi connectivity index (χ1) is 7.73. The molecule has 1 N–H and O–H groups in total. The summed E-state index contributed by atoms with van der Waals surface area (Å²) in [4.78, 5) is 0.0728. The van der Waals surface area contributed by atoms with Gasteiger partial charge in [-0.2, -0.15) is 0 Å². The largest absolute Gasteiger partial charge is 0.383 e. The lowest BCUT2D eigenvalue weighted by molar-refractivity contribution is 0.382. The Hall–Kier alpha value is -1.10. The van der Waals surface area contributed by atoms with Crippen molar-refractivity contribution in [3.63, 3.8) is 0 Å². The maximum absolute atomic E-state index is 13.2. The van der Waals surface area contributed by atoms with Gasteiger partial charge in [0.2, 0.25) is 0 Å². The van der Waals surface area contributed by atoms with Crippen molar-refractivity contribution in [1.29, 1.82) is 0 Å². The predicted molar refractivity (Wildman–Crippen MR) is 65.3 cm³/mol. The molecule has 1 aliphatic rings. The Balaban J connectivity index is 2.60. The molecule has 1 atom stereocenters. The van der Waals surface area contributed by atoms with Crippen LogP contribution in [0.3, 0.4) is 0 Å². The molecule has 0 radical (unpaired) electrons.